The van der Waals surface area contributed by atoms with Gasteiger partial charge in [0, 0.05) is 12.8 Å². The summed E-state index contributed by atoms with van der Waals surface area (Å²) >= 11 is 0. The number of amides is 1. The maximum Gasteiger partial charge on any atom is 0.305 e. The van der Waals surface area contributed by atoms with E-state index in [4.69, 9.17) is 4.74 Å². The zero-order chi connectivity index (χ0) is 43.7. The van der Waals surface area contributed by atoms with E-state index < -0.39 is 12.1 Å². The second kappa shape index (κ2) is 49.7. The van der Waals surface area contributed by atoms with Gasteiger partial charge in [0.1, 0.15) is 0 Å². The molecule has 0 aliphatic carbocycles. The minimum atomic E-state index is -0.680. The van der Waals surface area contributed by atoms with Gasteiger partial charge in [-0.05, 0) is 89.9 Å². The third kappa shape index (κ3) is 45.6. The number of allylic oxidation sites excluding steroid dienone is 6. The molecule has 0 rings (SSSR count). The van der Waals surface area contributed by atoms with E-state index in [9.17, 15) is 19.8 Å². The van der Waals surface area contributed by atoms with Crippen molar-refractivity contribution in [3.05, 3.63) is 36.5 Å². The monoisotopic (exact) mass is 844 g/mol. The zero-order valence-electron chi connectivity index (χ0n) is 39.9. The van der Waals surface area contributed by atoms with Crippen LogP contribution in [0.5, 0.6) is 0 Å². The molecule has 2 atom stereocenters. The van der Waals surface area contributed by atoms with Gasteiger partial charge in [0.05, 0.1) is 25.4 Å². The van der Waals surface area contributed by atoms with Crippen LogP contribution in [0.25, 0.3) is 0 Å². The molecule has 6 nitrogen and oxygen atoms in total. The van der Waals surface area contributed by atoms with Crippen molar-refractivity contribution in [2.45, 2.75) is 283 Å². The summed E-state index contributed by atoms with van der Waals surface area (Å²) in [6.45, 7) is 4.86. The van der Waals surface area contributed by atoms with Crippen molar-refractivity contribution in [1.82, 2.24) is 5.32 Å². The summed E-state index contributed by atoms with van der Waals surface area (Å²) in [6, 6.07) is -0.560. The van der Waals surface area contributed by atoms with Crippen molar-refractivity contribution < 1.29 is 24.5 Å². The van der Waals surface area contributed by atoms with E-state index in [0.717, 1.165) is 83.5 Å². The highest BCUT2D eigenvalue weighted by atomic mass is 16.5. The lowest BCUT2D eigenvalue weighted by Gasteiger charge is -2.22. The summed E-state index contributed by atoms with van der Waals surface area (Å²) in [6.07, 6.45) is 59.7. The predicted octanol–water partition coefficient (Wildman–Crippen LogP) is 15.7. The van der Waals surface area contributed by atoms with Gasteiger partial charge in [-0.25, -0.2) is 0 Å². The second-order valence-corrected chi connectivity index (χ2v) is 17.8. The number of hydrogen-bond donors (Lipinski definition) is 3. The molecule has 0 aromatic carbocycles. The quantitative estimate of drug-likeness (QED) is 0.0322. The van der Waals surface area contributed by atoms with Crippen LogP contribution in [0.15, 0.2) is 36.5 Å². The summed E-state index contributed by atoms with van der Waals surface area (Å²) in [7, 11) is 0. The molecule has 0 heterocycles. The molecule has 0 radical (unpaired) electrons. The number of aliphatic hydroxyl groups excluding tert-OH is 2. The molecule has 2 unspecified atom stereocenters. The summed E-state index contributed by atoms with van der Waals surface area (Å²) in [5.41, 5.74) is 0. The summed E-state index contributed by atoms with van der Waals surface area (Å²) in [4.78, 5) is 24.5. The zero-order valence-corrected chi connectivity index (χ0v) is 39.9. The van der Waals surface area contributed by atoms with Gasteiger partial charge in [-0.15, -0.1) is 0 Å². The number of unbranched alkanes of at least 4 members (excludes halogenated alkanes) is 31. The first kappa shape index (κ1) is 58.1. The Morgan fingerprint density at radius 1 is 0.467 bits per heavy atom. The number of nitrogens with one attached hydrogen (secondary N) is 1. The SMILES string of the molecule is CCCCC/C=C\C/C=C\CCCCCCCCCCCC(=O)OCCCCC/C=C\CCCCCCCC(=O)NC(CO)C(O)CCCCCCCCCCCCCC. The van der Waals surface area contributed by atoms with Crippen molar-refractivity contribution in [2.24, 2.45) is 0 Å². The summed E-state index contributed by atoms with van der Waals surface area (Å²) < 4.78 is 5.45. The van der Waals surface area contributed by atoms with Crippen LogP contribution in [-0.2, 0) is 14.3 Å². The van der Waals surface area contributed by atoms with E-state index in [1.807, 2.05) is 0 Å². The Morgan fingerprint density at radius 3 is 1.32 bits per heavy atom. The first-order valence-electron chi connectivity index (χ1n) is 26.2. The molecule has 0 aromatic rings. The minimum Gasteiger partial charge on any atom is -0.466 e. The number of carbonyl (C=O) groups is 2. The van der Waals surface area contributed by atoms with Crippen molar-refractivity contribution in [3.8, 4) is 0 Å². The molecule has 0 fully saturated rings. The number of aliphatic hydroxyl groups is 2. The van der Waals surface area contributed by atoms with Gasteiger partial charge >= 0.3 is 5.97 Å². The second-order valence-electron chi connectivity index (χ2n) is 17.8. The topological polar surface area (TPSA) is 95.9 Å². The van der Waals surface area contributed by atoms with E-state index in [0.29, 0.717) is 25.9 Å². The summed E-state index contributed by atoms with van der Waals surface area (Å²) in [5.74, 6) is -0.0894. The number of ether oxygens (including phenoxy) is 1. The van der Waals surface area contributed by atoms with E-state index in [1.165, 1.54) is 154 Å². The number of carbonyl (C=O) groups excluding carboxylic acids is 2. The predicted molar refractivity (Wildman–Crippen MR) is 259 cm³/mol. The van der Waals surface area contributed by atoms with Crippen LogP contribution in [0.2, 0.25) is 0 Å². The average Bonchev–Trinajstić information content (AvgIpc) is 3.25. The molecular weight excluding hydrogens is 743 g/mol. The Kier molecular flexibility index (Phi) is 48.1. The maximum atomic E-state index is 12.4. The molecule has 0 bridgehead atoms. The minimum absolute atomic E-state index is 0.0271. The van der Waals surface area contributed by atoms with Gasteiger partial charge in [0.2, 0.25) is 5.91 Å². The molecular formula is C54H101NO5. The number of esters is 1. The molecule has 0 aliphatic heterocycles. The van der Waals surface area contributed by atoms with Gasteiger partial charge in [-0.1, -0.05) is 204 Å². The number of rotatable bonds is 48. The van der Waals surface area contributed by atoms with Gasteiger partial charge < -0.3 is 20.3 Å². The molecule has 1 amide bonds. The Bertz CT molecular complexity index is 977. The summed E-state index contributed by atoms with van der Waals surface area (Å²) in [5, 5.41) is 23.1. The van der Waals surface area contributed by atoms with E-state index in [-0.39, 0.29) is 18.5 Å². The normalized spacial score (nSPS) is 12.9. The molecule has 3 N–H and O–H groups in total. The smallest absolute Gasteiger partial charge is 0.305 e. The fourth-order valence-electron chi connectivity index (χ4n) is 7.84. The standard InChI is InChI=1S/C54H101NO5/c1-3-5-7-9-11-13-15-17-18-19-20-21-22-23-28-32-36-40-44-48-54(59)60-49-45-41-37-33-29-25-24-27-31-35-39-43-47-53(58)55-51(50-56)52(57)46-42-38-34-30-26-16-14-12-10-8-6-4-2/h11,13,17-18,25,29,51-52,56-57H,3-10,12,14-16,19-24,26-28,30-50H2,1-2H3,(H,55,58)/b13-11-,18-17-,29-25-. The molecule has 0 saturated carbocycles. The van der Waals surface area contributed by atoms with E-state index in [2.05, 4.69) is 55.6 Å². The average molecular weight is 844 g/mol. The van der Waals surface area contributed by atoms with Crippen molar-refractivity contribution in [3.63, 3.8) is 0 Å². The van der Waals surface area contributed by atoms with Gasteiger partial charge in [0.15, 0.2) is 0 Å². The molecule has 0 saturated heterocycles. The molecule has 0 aromatic heterocycles. The Hall–Kier alpha value is -1.92. The van der Waals surface area contributed by atoms with Crippen molar-refractivity contribution >= 4 is 11.9 Å². The highest BCUT2D eigenvalue weighted by molar-refractivity contribution is 5.76. The lowest BCUT2D eigenvalue weighted by Crippen LogP contribution is -2.45. The Morgan fingerprint density at radius 2 is 0.833 bits per heavy atom. The van der Waals surface area contributed by atoms with Crippen LogP contribution >= 0.6 is 0 Å². The van der Waals surface area contributed by atoms with Crippen LogP contribution in [0.3, 0.4) is 0 Å². The van der Waals surface area contributed by atoms with Crippen molar-refractivity contribution in [1.29, 1.82) is 0 Å². The Balaban J connectivity index is 3.49. The lowest BCUT2D eigenvalue weighted by molar-refractivity contribution is -0.143. The fraction of sp³-hybridized carbons (Fsp3) is 0.852. The fourth-order valence-corrected chi connectivity index (χ4v) is 7.84. The molecule has 0 spiro atoms. The Labute approximate surface area is 373 Å². The maximum absolute atomic E-state index is 12.4. The van der Waals surface area contributed by atoms with E-state index >= 15 is 0 Å². The third-order valence-corrected chi connectivity index (χ3v) is 11.9. The molecule has 6 heteroatoms. The number of hydrogen-bond acceptors (Lipinski definition) is 5. The largest absolute Gasteiger partial charge is 0.466 e. The van der Waals surface area contributed by atoms with Gasteiger partial charge in [-0.2, -0.15) is 0 Å². The first-order chi connectivity index (χ1) is 29.5. The molecule has 352 valence electrons. The molecule has 60 heavy (non-hydrogen) atoms. The van der Waals surface area contributed by atoms with Crippen LogP contribution in [0, 0.1) is 0 Å². The van der Waals surface area contributed by atoms with Crippen LogP contribution in [0.1, 0.15) is 271 Å². The molecule has 0 aliphatic rings. The van der Waals surface area contributed by atoms with Crippen LogP contribution in [-0.4, -0.2) is 47.4 Å². The van der Waals surface area contributed by atoms with Crippen molar-refractivity contribution in [2.75, 3.05) is 13.2 Å². The van der Waals surface area contributed by atoms with Gasteiger partial charge in [0.25, 0.3) is 0 Å². The lowest BCUT2D eigenvalue weighted by atomic mass is 10.0. The highest BCUT2D eigenvalue weighted by Gasteiger charge is 2.20. The van der Waals surface area contributed by atoms with E-state index in [1.54, 1.807) is 0 Å². The van der Waals surface area contributed by atoms with Gasteiger partial charge in [-0.3, -0.25) is 9.59 Å². The highest BCUT2D eigenvalue weighted by Crippen LogP contribution is 2.16. The van der Waals surface area contributed by atoms with Crippen LogP contribution in [0.4, 0.5) is 0 Å². The van der Waals surface area contributed by atoms with Crippen LogP contribution < -0.4 is 5.32 Å². The first-order valence-corrected chi connectivity index (χ1v) is 26.2. The third-order valence-electron chi connectivity index (χ3n) is 11.9.